The number of benzene rings is 1. The molecule has 1 unspecified atom stereocenters. The Balaban J connectivity index is 2.62. The fourth-order valence-corrected chi connectivity index (χ4v) is 2.34. The summed E-state index contributed by atoms with van der Waals surface area (Å²) in [6, 6.07) is 2.05. The van der Waals surface area contributed by atoms with Gasteiger partial charge >= 0.3 is 6.18 Å². The van der Waals surface area contributed by atoms with E-state index in [0.717, 1.165) is 12.1 Å². The molecule has 0 saturated heterocycles. The van der Waals surface area contributed by atoms with E-state index in [-0.39, 0.29) is 16.7 Å². The topological polar surface area (TPSA) is 40.5 Å². The zero-order chi connectivity index (χ0) is 14.4. The molecule has 0 spiro atoms. The molecule has 2 nitrogen and oxygen atoms in total. The van der Waals surface area contributed by atoms with Crippen molar-refractivity contribution in [2.45, 2.75) is 31.5 Å². The van der Waals surface area contributed by atoms with Crippen LogP contribution in [0.1, 0.15) is 24.5 Å². The van der Waals surface area contributed by atoms with E-state index in [4.69, 9.17) is 0 Å². The van der Waals surface area contributed by atoms with Gasteiger partial charge in [-0.15, -0.1) is 0 Å². The highest BCUT2D eigenvalue weighted by Crippen LogP contribution is 2.47. The van der Waals surface area contributed by atoms with Crippen LogP contribution in [-0.4, -0.2) is 22.0 Å². The minimum Gasteiger partial charge on any atom is -0.504 e. The van der Waals surface area contributed by atoms with Gasteiger partial charge in [-0.3, -0.25) is 0 Å². The molecular formula is C13H12F4O2. The van der Waals surface area contributed by atoms with Crippen LogP contribution in [-0.2, 0) is 6.42 Å². The van der Waals surface area contributed by atoms with Crippen molar-refractivity contribution in [2.75, 3.05) is 0 Å². The number of allylic oxidation sites excluding steroid dienone is 1. The Kier molecular flexibility index (Phi) is 3.09. The van der Waals surface area contributed by atoms with Crippen molar-refractivity contribution >= 4 is 5.57 Å². The molecule has 0 fully saturated rings. The summed E-state index contributed by atoms with van der Waals surface area (Å²) < 4.78 is 52.0. The second kappa shape index (κ2) is 4.23. The zero-order valence-electron chi connectivity index (χ0n) is 10.1. The van der Waals surface area contributed by atoms with E-state index >= 15 is 0 Å². The Hall–Kier alpha value is -1.56. The number of halogens is 4. The maximum Gasteiger partial charge on any atom is 0.417 e. The molecule has 1 aliphatic carbocycles. The molecule has 1 atom stereocenters. The minimum atomic E-state index is -4.79. The SMILES string of the molecule is C/C=C1\CC(O)(C(F)(F)F)Cc2ccc(F)c(O)c21. The monoisotopic (exact) mass is 276 g/mol. The Morgan fingerprint density at radius 1 is 1.26 bits per heavy atom. The van der Waals surface area contributed by atoms with Crippen molar-refractivity contribution in [3.8, 4) is 5.75 Å². The van der Waals surface area contributed by atoms with Gasteiger partial charge in [0.05, 0.1) is 0 Å². The van der Waals surface area contributed by atoms with Crippen LogP contribution in [0, 0.1) is 5.82 Å². The molecule has 2 N–H and O–H groups in total. The number of fused-ring (bicyclic) bond motifs is 1. The number of aromatic hydroxyl groups is 1. The molecule has 0 saturated carbocycles. The van der Waals surface area contributed by atoms with Crippen LogP contribution in [0.5, 0.6) is 5.75 Å². The number of phenolic OH excluding ortho intramolecular Hbond substituents is 1. The Labute approximate surface area is 107 Å². The molecule has 0 aliphatic heterocycles. The third kappa shape index (κ3) is 2.10. The van der Waals surface area contributed by atoms with Gasteiger partial charge in [-0.25, -0.2) is 4.39 Å². The highest BCUT2D eigenvalue weighted by atomic mass is 19.4. The van der Waals surface area contributed by atoms with Crippen LogP contribution in [0.2, 0.25) is 0 Å². The standard InChI is InChI=1S/C13H12F4O2/c1-2-7-5-12(19,13(15,16)17)6-8-3-4-9(14)11(18)10(7)8/h2-4,18-19H,5-6H2,1H3/b7-2+. The molecule has 0 heterocycles. The molecule has 0 aromatic heterocycles. The molecular weight excluding hydrogens is 264 g/mol. The van der Waals surface area contributed by atoms with Crippen LogP contribution in [0.25, 0.3) is 5.57 Å². The average Bonchev–Trinajstić information content (AvgIpc) is 2.31. The first kappa shape index (κ1) is 13.9. The van der Waals surface area contributed by atoms with Crippen molar-refractivity contribution in [3.05, 3.63) is 35.2 Å². The minimum absolute atomic E-state index is 0.0522. The molecule has 0 radical (unpaired) electrons. The van der Waals surface area contributed by atoms with E-state index in [1.54, 1.807) is 0 Å². The molecule has 104 valence electrons. The number of phenols is 1. The molecule has 0 amide bonds. The van der Waals surface area contributed by atoms with Gasteiger partial charge in [-0.2, -0.15) is 13.2 Å². The fraction of sp³-hybridized carbons (Fsp3) is 0.385. The van der Waals surface area contributed by atoms with Crippen molar-refractivity contribution in [1.29, 1.82) is 0 Å². The van der Waals surface area contributed by atoms with Crippen molar-refractivity contribution < 1.29 is 27.8 Å². The van der Waals surface area contributed by atoms with Gasteiger partial charge in [-0.05, 0) is 24.1 Å². The lowest BCUT2D eigenvalue weighted by Crippen LogP contribution is -2.49. The summed E-state index contributed by atoms with van der Waals surface area (Å²) >= 11 is 0. The largest absolute Gasteiger partial charge is 0.504 e. The highest BCUT2D eigenvalue weighted by Gasteiger charge is 2.55. The van der Waals surface area contributed by atoms with E-state index < -0.39 is 36.2 Å². The normalized spacial score (nSPS) is 25.5. The van der Waals surface area contributed by atoms with Gasteiger partial charge in [0, 0.05) is 18.4 Å². The predicted octanol–water partition coefficient (Wildman–Crippen LogP) is 3.17. The maximum atomic E-state index is 13.3. The molecule has 2 rings (SSSR count). The number of hydrogen-bond acceptors (Lipinski definition) is 2. The Morgan fingerprint density at radius 3 is 2.42 bits per heavy atom. The van der Waals surface area contributed by atoms with E-state index in [1.165, 1.54) is 13.0 Å². The molecule has 1 aromatic rings. The highest BCUT2D eigenvalue weighted by molar-refractivity contribution is 5.75. The zero-order valence-corrected chi connectivity index (χ0v) is 10.1. The maximum absolute atomic E-state index is 13.3. The molecule has 6 heteroatoms. The summed E-state index contributed by atoms with van der Waals surface area (Å²) in [5, 5.41) is 19.4. The summed E-state index contributed by atoms with van der Waals surface area (Å²) in [5.74, 6) is -1.56. The van der Waals surface area contributed by atoms with Crippen LogP contribution in [0.3, 0.4) is 0 Å². The summed E-state index contributed by atoms with van der Waals surface area (Å²) in [6.45, 7) is 1.48. The second-order valence-electron chi connectivity index (χ2n) is 4.63. The summed E-state index contributed by atoms with van der Waals surface area (Å²) in [7, 11) is 0. The first-order chi connectivity index (χ1) is 8.69. The van der Waals surface area contributed by atoms with Crippen LogP contribution in [0.15, 0.2) is 18.2 Å². The molecule has 19 heavy (non-hydrogen) atoms. The van der Waals surface area contributed by atoms with E-state index in [1.807, 2.05) is 0 Å². The number of aliphatic hydroxyl groups is 1. The lowest BCUT2D eigenvalue weighted by atomic mass is 9.76. The third-order valence-electron chi connectivity index (χ3n) is 3.38. The van der Waals surface area contributed by atoms with Gasteiger partial charge in [0.25, 0.3) is 0 Å². The molecule has 0 bridgehead atoms. The van der Waals surface area contributed by atoms with Gasteiger partial charge in [0.1, 0.15) is 0 Å². The first-order valence-corrected chi connectivity index (χ1v) is 5.64. The van der Waals surface area contributed by atoms with Gasteiger partial charge in [0.2, 0.25) is 0 Å². The van der Waals surface area contributed by atoms with E-state index in [0.29, 0.717) is 0 Å². The average molecular weight is 276 g/mol. The van der Waals surface area contributed by atoms with Crippen molar-refractivity contribution in [3.63, 3.8) is 0 Å². The molecule has 1 aliphatic rings. The van der Waals surface area contributed by atoms with Gasteiger partial charge in [0.15, 0.2) is 17.2 Å². The van der Waals surface area contributed by atoms with Gasteiger partial charge < -0.3 is 10.2 Å². The number of alkyl halides is 3. The van der Waals surface area contributed by atoms with Crippen molar-refractivity contribution in [2.24, 2.45) is 0 Å². The first-order valence-electron chi connectivity index (χ1n) is 5.64. The second-order valence-corrected chi connectivity index (χ2v) is 4.63. The quantitative estimate of drug-likeness (QED) is 0.714. The van der Waals surface area contributed by atoms with Crippen LogP contribution < -0.4 is 0 Å². The van der Waals surface area contributed by atoms with Crippen LogP contribution >= 0.6 is 0 Å². The number of rotatable bonds is 0. The fourth-order valence-electron chi connectivity index (χ4n) is 2.34. The summed E-state index contributed by atoms with van der Waals surface area (Å²) in [5.41, 5.74) is -2.67. The smallest absolute Gasteiger partial charge is 0.417 e. The van der Waals surface area contributed by atoms with E-state index in [9.17, 15) is 27.8 Å². The molecule has 1 aromatic carbocycles. The number of hydrogen-bond donors (Lipinski definition) is 2. The summed E-state index contributed by atoms with van der Waals surface area (Å²) in [4.78, 5) is 0. The predicted molar refractivity (Wildman–Crippen MR) is 61.0 cm³/mol. The lowest BCUT2D eigenvalue weighted by Gasteiger charge is -2.36. The Bertz CT molecular complexity index is 548. The third-order valence-corrected chi connectivity index (χ3v) is 3.38. The Morgan fingerprint density at radius 2 is 1.89 bits per heavy atom. The lowest BCUT2D eigenvalue weighted by molar-refractivity contribution is -0.258. The summed E-state index contributed by atoms with van der Waals surface area (Å²) in [6.07, 6.45) is -4.84. The van der Waals surface area contributed by atoms with Crippen molar-refractivity contribution in [1.82, 2.24) is 0 Å². The van der Waals surface area contributed by atoms with E-state index in [2.05, 4.69) is 0 Å². The van der Waals surface area contributed by atoms with Gasteiger partial charge in [-0.1, -0.05) is 12.1 Å². The van der Waals surface area contributed by atoms with Crippen LogP contribution in [0.4, 0.5) is 17.6 Å².